The second-order valence-electron chi connectivity index (χ2n) is 5.42. The lowest BCUT2D eigenvalue weighted by molar-refractivity contribution is -0.156. The van der Waals surface area contributed by atoms with E-state index in [1.165, 1.54) is 0 Å². The van der Waals surface area contributed by atoms with Gasteiger partial charge in [0.05, 0.1) is 18.1 Å². The summed E-state index contributed by atoms with van der Waals surface area (Å²) in [5.74, 6) is -1.13. The van der Waals surface area contributed by atoms with Crippen LogP contribution in [0.4, 0.5) is 0 Å². The molecule has 0 saturated heterocycles. The normalized spacial score (nSPS) is 21.6. The monoisotopic (exact) mass is 282 g/mol. The SMILES string of the molecule is CCC(C)OC(=O)C1=CCCCC1C(=O)OC(C)CC. The summed E-state index contributed by atoms with van der Waals surface area (Å²) in [5.41, 5.74) is 0.477. The van der Waals surface area contributed by atoms with Crippen LogP contribution in [0.2, 0.25) is 0 Å². The molecule has 0 aromatic heterocycles. The van der Waals surface area contributed by atoms with Crippen LogP contribution < -0.4 is 0 Å². The Morgan fingerprint density at radius 3 is 2.40 bits per heavy atom. The lowest BCUT2D eigenvalue weighted by Gasteiger charge is -2.24. The second-order valence-corrected chi connectivity index (χ2v) is 5.42. The van der Waals surface area contributed by atoms with Gasteiger partial charge in [0.25, 0.3) is 0 Å². The summed E-state index contributed by atoms with van der Waals surface area (Å²) in [7, 11) is 0. The first kappa shape index (κ1) is 16.7. The number of hydrogen-bond donors (Lipinski definition) is 0. The highest BCUT2D eigenvalue weighted by molar-refractivity contribution is 5.95. The third kappa shape index (κ3) is 4.66. The molecule has 20 heavy (non-hydrogen) atoms. The summed E-state index contributed by atoms with van der Waals surface area (Å²) in [4.78, 5) is 24.3. The van der Waals surface area contributed by atoms with Gasteiger partial charge in [-0.3, -0.25) is 4.79 Å². The third-order valence-electron chi connectivity index (χ3n) is 3.73. The first-order chi connectivity index (χ1) is 9.49. The molecule has 1 aliphatic rings. The molecule has 3 atom stereocenters. The van der Waals surface area contributed by atoms with Gasteiger partial charge < -0.3 is 9.47 Å². The van der Waals surface area contributed by atoms with E-state index < -0.39 is 5.92 Å². The Kier molecular flexibility index (Phi) is 6.76. The molecule has 0 aliphatic heterocycles. The maximum Gasteiger partial charge on any atom is 0.334 e. The van der Waals surface area contributed by atoms with E-state index in [0.717, 1.165) is 25.7 Å². The quantitative estimate of drug-likeness (QED) is 0.701. The van der Waals surface area contributed by atoms with Crippen LogP contribution in [-0.4, -0.2) is 24.1 Å². The number of ether oxygens (including phenoxy) is 2. The van der Waals surface area contributed by atoms with Gasteiger partial charge in [-0.15, -0.1) is 0 Å². The lowest BCUT2D eigenvalue weighted by Crippen LogP contribution is -2.30. The van der Waals surface area contributed by atoms with Gasteiger partial charge in [-0.05, 0) is 46.0 Å². The highest BCUT2D eigenvalue weighted by atomic mass is 16.6. The van der Waals surface area contributed by atoms with E-state index in [1.807, 2.05) is 33.8 Å². The van der Waals surface area contributed by atoms with Crippen LogP contribution in [0, 0.1) is 5.92 Å². The van der Waals surface area contributed by atoms with Crippen molar-refractivity contribution >= 4 is 11.9 Å². The zero-order chi connectivity index (χ0) is 15.1. The Balaban J connectivity index is 2.73. The topological polar surface area (TPSA) is 52.6 Å². The van der Waals surface area contributed by atoms with Crippen molar-refractivity contribution in [3.63, 3.8) is 0 Å². The average molecular weight is 282 g/mol. The molecule has 0 amide bonds. The van der Waals surface area contributed by atoms with Crippen LogP contribution in [0.25, 0.3) is 0 Å². The van der Waals surface area contributed by atoms with Crippen molar-refractivity contribution in [1.82, 2.24) is 0 Å². The fourth-order valence-corrected chi connectivity index (χ4v) is 2.05. The van der Waals surface area contributed by atoms with Crippen molar-refractivity contribution in [2.45, 2.75) is 72.0 Å². The van der Waals surface area contributed by atoms with Gasteiger partial charge in [0.2, 0.25) is 0 Å². The van der Waals surface area contributed by atoms with Crippen LogP contribution in [-0.2, 0) is 19.1 Å². The molecule has 0 radical (unpaired) electrons. The molecule has 3 unspecified atom stereocenters. The third-order valence-corrected chi connectivity index (χ3v) is 3.73. The number of hydrogen-bond acceptors (Lipinski definition) is 4. The Labute approximate surface area is 121 Å². The van der Waals surface area contributed by atoms with Crippen molar-refractivity contribution in [3.05, 3.63) is 11.6 Å². The molecule has 1 rings (SSSR count). The predicted octanol–water partition coefficient (Wildman–Crippen LogP) is 3.40. The van der Waals surface area contributed by atoms with Crippen LogP contribution in [0.3, 0.4) is 0 Å². The van der Waals surface area contributed by atoms with Crippen molar-refractivity contribution < 1.29 is 19.1 Å². The van der Waals surface area contributed by atoms with E-state index in [2.05, 4.69) is 0 Å². The second kappa shape index (κ2) is 8.08. The molecule has 0 fully saturated rings. The van der Waals surface area contributed by atoms with Gasteiger partial charge in [0.15, 0.2) is 0 Å². The highest BCUT2D eigenvalue weighted by Crippen LogP contribution is 2.28. The van der Waals surface area contributed by atoms with Crippen molar-refractivity contribution in [3.8, 4) is 0 Å². The van der Waals surface area contributed by atoms with E-state index in [1.54, 1.807) is 0 Å². The van der Waals surface area contributed by atoms with E-state index in [9.17, 15) is 9.59 Å². The fraction of sp³-hybridized carbons (Fsp3) is 0.750. The van der Waals surface area contributed by atoms with Crippen LogP contribution >= 0.6 is 0 Å². The Hall–Kier alpha value is -1.32. The minimum Gasteiger partial charge on any atom is -0.462 e. The molecule has 0 saturated carbocycles. The number of esters is 2. The standard InChI is InChI=1S/C16H26O4/c1-5-11(3)19-15(17)13-9-7-8-10-14(13)16(18)20-12(4)6-2/h9,11-12,14H,5-8,10H2,1-4H3. The lowest BCUT2D eigenvalue weighted by atomic mass is 9.87. The summed E-state index contributed by atoms with van der Waals surface area (Å²) in [6.07, 6.45) is 5.51. The minimum absolute atomic E-state index is 0.115. The summed E-state index contributed by atoms with van der Waals surface area (Å²) in [6.45, 7) is 7.64. The van der Waals surface area contributed by atoms with Gasteiger partial charge in [-0.2, -0.15) is 0 Å². The molecule has 1 aliphatic carbocycles. The van der Waals surface area contributed by atoms with Gasteiger partial charge in [0.1, 0.15) is 0 Å². The molecule has 0 heterocycles. The van der Waals surface area contributed by atoms with Crippen molar-refractivity contribution in [2.24, 2.45) is 5.92 Å². The molecule has 0 aromatic carbocycles. The van der Waals surface area contributed by atoms with Gasteiger partial charge in [-0.25, -0.2) is 4.79 Å². The summed E-state index contributed by atoms with van der Waals surface area (Å²) in [6, 6.07) is 0. The average Bonchev–Trinajstić information content (AvgIpc) is 2.46. The molecule has 0 N–H and O–H groups in total. The van der Waals surface area contributed by atoms with E-state index >= 15 is 0 Å². The van der Waals surface area contributed by atoms with Crippen molar-refractivity contribution in [2.75, 3.05) is 0 Å². The Morgan fingerprint density at radius 1 is 1.20 bits per heavy atom. The number of carbonyl (C=O) groups is 2. The minimum atomic E-state index is -0.464. The predicted molar refractivity (Wildman–Crippen MR) is 77.1 cm³/mol. The van der Waals surface area contributed by atoms with E-state index in [0.29, 0.717) is 12.0 Å². The van der Waals surface area contributed by atoms with Gasteiger partial charge in [0, 0.05) is 5.57 Å². The molecule has 4 heteroatoms. The largest absolute Gasteiger partial charge is 0.462 e. The van der Waals surface area contributed by atoms with Crippen LogP contribution in [0.15, 0.2) is 11.6 Å². The zero-order valence-corrected chi connectivity index (χ0v) is 13.0. The van der Waals surface area contributed by atoms with E-state index in [-0.39, 0.29) is 24.1 Å². The molecule has 114 valence electrons. The number of allylic oxidation sites excluding steroid dienone is 1. The van der Waals surface area contributed by atoms with Gasteiger partial charge in [-0.1, -0.05) is 19.9 Å². The van der Waals surface area contributed by atoms with Crippen molar-refractivity contribution in [1.29, 1.82) is 0 Å². The summed E-state index contributed by atoms with van der Waals surface area (Å²) >= 11 is 0. The highest BCUT2D eigenvalue weighted by Gasteiger charge is 2.32. The van der Waals surface area contributed by atoms with Crippen LogP contribution in [0.1, 0.15) is 59.8 Å². The Morgan fingerprint density at radius 2 is 1.80 bits per heavy atom. The summed E-state index contributed by atoms with van der Waals surface area (Å²) in [5, 5.41) is 0. The van der Waals surface area contributed by atoms with Crippen LogP contribution in [0.5, 0.6) is 0 Å². The number of carbonyl (C=O) groups excluding carboxylic acids is 2. The first-order valence-electron chi connectivity index (χ1n) is 7.61. The van der Waals surface area contributed by atoms with E-state index in [4.69, 9.17) is 9.47 Å². The molecule has 4 nitrogen and oxygen atoms in total. The summed E-state index contributed by atoms with van der Waals surface area (Å²) < 4.78 is 10.7. The molecular weight excluding hydrogens is 256 g/mol. The first-order valence-corrected chi connectivity index (χ1v) is 7.61. The molecular formula is C16H26O4. The fourth-order valence-electron chi connectivity index (χ4n) is 2.05. The molecule has 0 bridgehead atoms. The van der Waals surface area contributed by atoms with Gasteiger partial charge >= 0.3 is 11.9 Å². The zero-order valence-electron chi connectivity index (χ0n) is 13.0. The molecule has 0 aromatic rings. The smallest absolute Gasteiger partial charge is 0.334 e. The maximum atomic E-state index is 12.2. The molecule has 0 spiro atoms. The number of rotatable bonds is 6. The Bertz CT molecular complexity index is 373. The maximum absolute atomic E-state index is 12.2.